The van der Waals surface area contributed by atoms with Crippen molar-refractivity contribution in [2.75, 3.05) is 13.9 Å². The van der Waals surface area contributed by atoms with Crippen LogP contribution in [-0.2, 0) is 4.74 Å². The van der Waals surface area contributed by atoms with Crippen molar-refractivity contribution >= 4 is 12.2 Å². The average Bonchev–Trinajstić information content (AvgIpc) is 2.44. The monoisotopic (exact) mass is 258 g/mol. The topological polar surface area (TPSA) is 18.5 Å². The molecule has 2 nitrogen and oxygen atoms in total. The van der Waals surface area contributed by atoms with E-state index in [1.54, 1.807) is 13.2 Å². The van der Waals surface area contributed by atoms with Crippen molar-refractivity contribution in [2.45, 2.75) is 0 Å². The van der Waals surface area contributed by atoms with Gasteiger partial charge in [-0.15, -0.1) is 0 Å². The quantitative estimate of drug-likeness (QED) is 0.596. The highest BCUT2D eigenvalue weighted by molar-refractivity contribution is 5.69. The van der Waals surface area contributed by atoms with Crippen LogP contribution in [0.25, 0.3) is 12.2 Å². The summed E-state index contributed by atoms with van der Waals surface area (Å²) in [6, 6.07) is 14.1. The summed E-state index contributed by atoms with van der Waals surface area (Å²) in [5, 5.41) is 0. The highest BCUT2D eigenvalue weighted by Gasteiger charge is 1.94. The molecule has 2 aromatic carbocycles. The van der Waals surface area contributed by atoms with E-state index in [9.17, 15) is 4.39 Å². The number of methoxy groups -OCH3 is 1. The maximum absolute atomic E-state index is 13.0. The minimum atomic E-state index is -0.231. The molecule has 0 radical (unpaired) electrons. The van der Waals surface area contributed by atoms with Crippen LogP contribution in [0, 0.1) is 5.82 Å². The Hall–Kier alpha value is -2.13. The molecule has 2 aromatic rings. The van der Waals surface area contributed by atoms with Gasteiger partial charge in [0, 0.05) is 7.11 Å². The number of ether oxygens (including phenoxy) is 2. The third-order valence-electron chi connectivity index (χ3n) is 2.54. The molecule has 0 saturated carbocycles. The van der Waals surface area contributed by atoms with Crippen LogP contribution in [0.1, 0.15) is 11.1 Å². The van der Waals surface area contributed by atoms with Crippen LogP contribution in [0.5, 0.6) is 5.75 Å². The first-order chi connectivity index (χ1) is 9.28. The number of halogens is 1. The fraction of sp³-hybridized carbons (Fsp3) is 0.125. The van der Waals surface area contributed by atoms with E-state index in [4.69, 9.17) is 9.47 Å². The maximum Gasteiger partial charge on any atom is 0.188 e. The minimum absolute atomic E-state index is 0.231. The SMILES string of the molecule is COCOc1ccc(/C=C/c2cccc(F)c2)cc1. The standard InChI is InChI=1S/C16H15FO2/c1-18-12-19-16-9-7-13(8-10-16)5-6-14-3-2-4-15(17)11-14/h2-11H,12H2,1H3/b6-5+. The van der Waals surface area contributed by atoms with Crippen molar-refractivity contribution in [3.8, 4) is 5.75 Å². The van der Waals surface area contributed by atoms with E-state index >= 15 is 0 Å². The van der Waals surface area contributed by atoms with Crippen LogP contribution in [0.4, 0.5) is 4.39 Å². The molecule has 0 atom stereocenters. The molecule has 0 aliphatic carbocycles. The van der Waals surface area contributed by atoms with Crippen molar-refractivity contribution < 1.29 is 13.9 Å². The number of rotatable bonds is 5. The molecular formula is C16H15FO2. The van der Waals surface area contributed by atoms with E-state index in [0.717, 1.165) is 16.9 Å². The summed E-state index contributed by atoms with van der Waals surface area (Å²) in [6.45, 7) is 0.235. The van der Waals surface area contributed by atoms with Crippen LogP contribution >= 0.6 is 0 Å². The average molecular weight is 258 g/mol. The first kappa shape index (κ1) is 13.3. The van der Waals surface area contributed by atoms with Gasteiger partial charge >= 0.3 is 0 Å². The van der Waals surface area contributed by atoms with Gasteiger partial charge in [-0.1, -0.05) is 36.4 Å². The second-order valence-corrected chi connectivity index (χ2v) is 4.01. The lowest BCUT2D eigenvalue weighted by Crippen LogP contribution is -1.98. The fourth-order valence-corrected chi connectivity index (χ4v) is 1.60. The Morgan fingerprint density at radius 3 is 2.42 bits per heavy atom. The number of hydrogen-bond acceptors (Lipinski definition) is 2. The molecule has 0 fully saturated rings. The Bertz CT molecular complexity index is 547. The molecule has 2 rings (SSSR count). The fourth-order valence-electron chi connectivity index (χ4n) is 1.60. The third-order valence-corrected chi connectivity index (χ3v) is 2.54. The lowest BCUT2D eigenvalue weighted by molar-refractivity contribution is 0.0511. The highest BCUT2D eigenvalue weighted by atomic mass is 19.1. The second-order valence-electron chi connectivity index (χ2n) is 4.01. The van der Waals surface area contributed by atoms with Crippen LogP contribution in [0.2, 0.25) is 0 Å². The lowest BCUT2D eigenvalue weighted by atomic mass is 10.1. The number of hydrogen-bond donors (Lipinski definition) is 0. The zero-order chi connectivity index (χ0) is 13.5. The van der Waals surface area contributed by atoms with E-state index < -0.39 is 0 Å². The Morgan fingerprint density at radius 1 is 1.00 bits per heavy atom. The molecule has 3 heteroatoms. The number of benzene rings is 2. The van der Waals surface area contributed by atoms with E-state index in [1.165, 1.54) is 12.1 Å². The van der Waals surface area contributed by atoms with Gasteiger partial charge in [-0.05, 0) is 35.4 Å². The first-order valence-corrected chi connectivity index (χ1v) is 5.93. The van der Waals surface area contributed by atoms with E-state index in [-0.39, 0.29) is 12.6 Å². The Kier molecular flexibility index (Phi) is 4.70. The van der Waals surface area contributed by atoms with Gasteiger partial charge in [0.15, 0.2) is 6.79 Å². The summed E-state index contributed by atoms with van der Waals surface area (Å²) >= 11 is 0. The second kappa shape index (κ2) is 6.71. The van der Waals surface area contributed by atoms with Crippen molar-refractivity contribution in [3.63, 3.8) is 0 Å². The zero-order valence-corrected chi connectivity index (χ0v) is 10.7. The summed E-state index contributed by atoms with van der Waals surface area (Å²) in [7, 11) is 1.58. The van der Waals surface area contributed by atoms with Crippen LogP contribution in [-0.4, -0.2) is 13.9 Å². The zero-order valence-electron chi connectivity index (χ0n) is 10.7. The molecule has 0 aliphatic heterocycles. The van der Waals surface area contributed by atoms with Crippen molar-refractivity contribution in [3.05, 3.63) is 65.5 Å². The van der Waals surface area contributed by atoms with Gasteiger partial charge in [-0.2, -0.15) is 0 Å². The van der Waals surface area contributed by atoms with Crippen molar-refractivity contribution in [1.29, 1.82) is 0 Å². The van der Waals surface area contributed by atoms with Crippen molar-refractivity contribution in [1.82, 2.24) is 0 Å². The molecule has 0 amide bonds. The summed E-state index contributed by atoms with van der Waals surface area (Å²) in [4.78, 5) is 0. The molecule has 98 valence electrons. The van der Waals surface area contributed by atoms with Gasteiger partial charge in [-0.3, -0.25) is 0 Å². The van der Waals surface area contributed by atoms with Crippen LogP contribution < -0.4 is 4.74 Å². The minimum Gasteiger partial charge on any atom is -0.468 e. The molecule has 0 spiro atoms. The van der Waals surface area contributed by atoms with Gasteiger partial charge in [0.1, 0.15) is 11.6 Å². The molecule has 0 saturated heterocycles. The molecule has 19 heavy (non-hydrogen) atoms. The predicted octanol–water partition coefficient (Wildman–Crippen LogP) is 3.98. The molecule has 0 unspecified atom stereocenters. The smallest absolute Gasteiger partial charge is 0.188 e. The predicted molar refractivity (Wildman–Crippen MR) is 74.3 cm³/mol. The third kappa shape index (κ3) is 4.23. The summed E-state index contributed by atoms with van der Waals surface area (Å²) < 4.78 is 23.1. The van der Waals surface area contributed by atoms with E-state index in [2.05, 4.69) is 0 Å². The largest absolute Gasteiger partial charge is 0.468 e. The van der Waals surface area contributed by atoms with Crippen LogP contribution in [0.3, 0.4) is 0 Å². The van der Waals surface area contributed by atoms with E-state index in [0.29, 0.717) is 0 Å². The summed E-state index contributed by atoms with van der Waals surface area (Å²) in [6.07, 6.45) is 3.79. The highest BCUT2D eigenvalue weighted by Crippen LogP contribution is 2.15. The Morgan fingerprint density at radius 2 is 1.74 bits per heavy atom. The van der Waals surface area contributed by atoms with Gasteiger partial charge < -0.3 is 9.47 Å². The summed E-state index contributed by atoms with van der Waals surface area (Å²) in [5.41, 5.74) is 1.86. The molecule has 0 N–H and O–H groups in total. The molecule has 0 bridgehead atoms. The molecule has 0 heterocycles. The Balaban J connectivity index is 2.03. The van der Waals surface area contributed by atoms with E-state index in [1.807, 2.05) is 42.5 Å². The Labute approximate surface area is 112 Å². The van der Waals surface area contributed by atoms with Crippen LogP contribution in [0.15, 0.2) is 48.5 Å². The van der Waals surface area contributed by atoms with Gasteiger partial charge in [-0.25, -0.2) is 4.39 Å². The van der Waals surface area contributed by atoms with Crippen molar-refractivity contribution in [2.24, 2.45) is 0 Å². The molecule has 0 aliphatic rings. The molecular weight excluding hydrogens is 243 g/mol. The lowest BCUT2D eigenvalue weighted by Gasteiger charge is -2.04. The molecule has 0 aromatic heterocycles. The first-order valence-electron chi connectivity index (χ1n) is 5.93. The van der Waals surface area contributed by atoms with Gasteiger partial charge in [0.2, 0.25) is 0 Å². The van der Waals surface area contributed by atoms with Gasteiger partial charge in [0.25, 0.3) is 0 Å². The normalized spacial score (nSPS) is 10.8. The summed E-state index contributed by atoms with van der Waals surface area (Å²) in [5.74, 6) is 0.523. The maximum atomic E-state index is 13.0. The van der Waals surface area contributed by atoms with Gasteiger partial charge in [0.05, 0.1) is 0 Å².